The van der Waals surface area contributed by atoms with Gasteiger partial charge >= 0.3 is 0 Å². The van der Waals surface area contributed by atoms with Crippen molar-refractivity contribution in [2.75, 3.05) is 0 Å². The SMILES string of the molecule is C#CC(C)NC1c2ccccc2CCC1(C)C. The van der Waals surface area contributed by atoms with Crippen LogP contribution >= 0.6 is 0 Å². The number of fused-ring (bicyclic) bond motifs is 1. The Balaban J connectivity index is 2.36. The summed E-state index contributed by atoms with van der Waals surface area (Å²) in [6.07, 6.45) is 7.86. The molecule has 2 unspecified atom stereocenters. The molecule has 1 aliphatic carbocycles. The van der Waals surface area contributed by atoms with Crippen molar-refractivity contribution in [3.05, 3.63) is 35.4 Å². The minimum Gasteiger partial charge on any atom is -0.296 e. The van der Waals surface area contributed by atoms with Gasteiger partial charge in [0, 0.05) is 6.04 Å². The number of aryl methyl sites for hydroxylation is 1. The molecule has 0 heterocycles. The van der Waals surface area contributed by atoms with Crippen LogP contribution in [0.3, 0.4) is 0 Å². The fourth-order valence-electron chi connectivity index (χ4n) is 2.68. The van der Waals surface area contributed by atoms with Gasteiger partial charge in [-0.05, 0) is 36.3 Å². The van der Waals surface area contributed by atoms with E-state index in [1.807, 2.05) is 6.92 Å². The van der Waals surface area contributed by atoms with E-state index in [1.54, 1.807) is 0 Å². The third kappa shape index (κ3) is 2.37. The fourth-order valence-corrected chi connectivity index (χ4v) is 2.68. The number of rotatable bonds is 2. The molecule has 0 saturated heterocycles. The largest absolute Gasteiger partial charge is 0.296 e. The lowest BCUT2D eigenvalue weighted by molar-refractivity contribution is 0.204. The summed E-state index contributed by atoms with van der Waals surface area (Å²) in [6, 6.07) is 9.19. The minimum atomic E-state index is 0.116. The van der Waals surface area contributed by atoms with Crippen molar-refractivity contribution in [2.45, 2.75) is 45.7 Å². The predicted molar refractivity (Wildman–Crippen MR) is 72.7 cm³/mol. The Labute approximate surface area is 105 Å². The van der Waals surface area contributed by atoms with Crippen LogP contribution in [-0.2, 0) is 6.42 Å². The molecule has 0 aromatic heterocycles. The summed E-state index contributed by atoms with van der Waals surface area (Å²) < 4.78 is 0. The first-order chi connectivity index (χ1) is 8.04. The van der Waals surface area contributed by atoms with Crippen molar-refractivity contribution in [3.63, 3.8) is 0 Å². The zero-order valence-electron chi connectivity index (χ0n) is 11.0. The third-order valence-corrected chi connectivity index (χ3v) is 3.85. The van der Waals surface area contributed by atoms with Gasteiger partial charge in [-0.1, -0.05) is 44.0 Å². The molecule has 0 amide bonds. The number of terminal acetylenes is 1. The quantitative estimate of drug-likeness (QED) is 0.764. The molecule has 0 fully saturated rings. The van der Waals surface area contributed by atoms with Crippen molar-refractivity contribution >= 4 is 0 Å². The molecule has 1 aromatic rings. The second kappa shape index (κ2) is 4.55. The Morgan fingerprint density at radius 1 is 1.41 bits per heavy atom. The Hall–Kier alpha value is -1.26. The summed E-state index contributed by atoms with van der Waals surface area (Å²) >= 11 is 0. The Kier molecular flexibility index (Phi) is 3.26. The van der Waals surface area contributed by atoms with Gasteiger partial charge in [0.1, 0.15) is 0 Å². The van der Waals surface area contributed by atoms with Crippen LogP contribution in [-0.4, -0.2) is 6.04 Å². The fraction of sp³-hybridized carbons (Fsp3) is 0.500. The summed E-state index contributed by atoms with van der Waals surface area (Å²) in [4.78, 5) is 0. The van der Waals surface area contributed by atoms with E-state index in [0.29, 0.717) is 6.04 Å². The first kappa shape index (κ1) is 12.2. The zero-order chi connectivity index (χ0) is 12.5. The Bertz CT molecular complexity index is 439. The molecule has 0 radical (unpaired) electrons. The van der Waals surface area contributed by atoms with Crippen LogP contribution in [0.5, 0.6) is 0 Å². The molecule has 90 valence electrons. The number of hydrogen-bond donors (Lipinski definition) is 1. The van der Waals surface area contributed by atoms with E-state index in [2.05, 4.69) is 49.4 Å². The van der Waals surface area contributed by atoms with Crippen LogP contribution in [0.25, 0.3) is 0 Å². The summed E-state index contributed by atoms with van der Waals surface area (Å²) in [6.45, 7) is 6.70. The minimum absolute atomic E-state index is 0.116. The van der Waals surface area contributed by atoms with E-state index in [-0.39, 0.29) is 11.5 Å². The average Bonchev–Trinajstić information content (AvgIpc) is 2.32. The Morgan fingerprint density at radius 3 is 2.82 bits per heavy atom. The summed E-state index contributed by atoms with van der Waals surface area (Å²) in [5.74, 6) is 2.77. The third-order valence-electron chi connectivity index (χ3n) is 3.85. The zero-order valence-corrected chi connectivity index (χ0v) is 11.0. The molecular weight excluding hydrogens is 206 g/mol. The van der Waals surface area contributed by atoms with Crippen molar-refractivity contribution in [3.8, 4) is 12.3 Å². The van der Waals surface area contributed by atoms with Crippen LogP contribution in [0.15, 0.2) is 24.3 Å². The molecule has 1 heteroatoms. The molecule has 1 nitrogen and oxygen atoms in total. The number of nitrogens with one attached hydrogen (secondary N) is 1. The van der Waals surface area contributed by atoms with E-state index in [9.17, 15) is 0 Å². The lowest BCUT2D eigenvalue weighted by Crippen LogP contribution is -2.41. The number of benzene rings is 1. The first-order valence-electron chi connectivity index (χ1n) is 6.34. The van der Waals surface area contributed by atoms with Gasteiger partial charge in [0.05, 0.1) is 6.04 Å². The summed E-state index contributed by atoms with van der Waals surface area (Å²) in [7, 11) is 0. The maximum atomic E-state index is 5.49. The predicted octanol–water partition coefficient (Wildman–Crippen LogP) is 3.31. The van der Waals surface area contributed by atoms with Gasteiger partial charge in [0.15, 0.2) is 0 Å². The van der Waals surface area contributed by atoms with Crippen LogP contribution in [0, 0.1) is 17.8 Å². The highest BCUT2D eigenvalue weighted by molar-refractivity contribution is 5.34. The monoisotopic (exact) mass is 227 g/mol. The molecule has 1 aromatic carbocycles. The molecular formula is C16H21N. The lowest BCUT2D eigenvalue weighted by atomic mass is 9.70. The van der Waals surface area contributed by atoms with E-state index in [0.717, 1.165) is 0 Å². The van der Waals surface area contributed by atoms with Crippen LogP contribution in [0.2, 0.25) is 0 Å². The van der Waals surface area contributed by atoms with Gasteiger partial charge in [-0.3, -0.25) is 5.32 Å². The van der Waals surface area contributed by atoms with E-state index in [4.69, 9.17) is 6.42 Å². The van der Waals surface area contributed by atoms with Gasteiger partial charge < -0.3 is 0 Å². The molecule has 1 aliphatic rings. The molecule has 17 heavy (non-hydrogen) atoms. The highest BCUT2D eigenvalue weighted by Gasteiger charge is 2.35. The van der Waals surface area contributed by atoms with Crippen molar-refractivity contribution in [1.82, 2.24) is 5.32 Å². The van der Waals surface area contributed by atoms with Crippen molar-refractivity contribution in [2.24, 2.45) is 5.41 Å². The highest BCUT2D eigenvalue weighted by atomic mass is 15.0. The highest BCUT2D eigenvalue weighted by Crippen LogP contribution is 2.43. The van der Waals surface area contributed by atoms with Crippen LogP contribution in [0.4, 0.5) is 0 Å². The molecule has 1 N–H and O–H groups in total. The van der Waals surface area contributed by atoms with Gasteiger partial charge in [-0.15, -0.1) is 6.42 Å². The first-order valence-corrected chi connectivity index (χ1v) is 6.34. The second-order valence-corrected chi connectivity index (χ2v) is 5.68. The maximum absolute atomic E-state index is 5.49. The van der Waals surface area contributed by atoms with E-state index < -0.39 is 0 Å². The average molecular weight is 227 g/mol. The topological polar surface area (TPSA) is 12.0 Å². The maximum Gasteiger partial charge on any atom is 0.0663 e. The molecule has 0 spiro atoms. The molecule has 0 bridgehead atoms. The van der Waals surface area contributed by atoms with E-state index >= 15 is 0 Å². The van der Waals surface area contributed by atoms with Gasteiger partial charge in [-0.2, -0.15) is 0 Å². The van der Waals surface area contributed by atoms with Gasteiger partial charge in [0.2, 0.25) is 0 Å². The normalized spacial score (nSPS) is 23.5. The molecule has 0 saturated carbocycles. The van der Waals surface area contributed by atoms with Crippen LogP contribution < -0.4 is 5.32 Å². The van der Waals surface area contributed by atoms with Gasteiger partial charge in [0.25, 0.3) is 0 Å². The molecule has 2 atom stereocenters. The van der Waals surface area contributed by atoms with Crippen LogP contribution in [0.1, 0.15) is 44.4 Å². The standard InChI is InChI=1S/C16H21N/c1-5-12(2)17-15-14-9-7-6-8-13(14)10-11-16(15,3)4/h1,6-9,12,15,17H,10-11H2,2-4H3. The molecule has 0 aliphatic heterocycles. The second-order valence-electron chi connectivity index (χ2n) is 5.68. The summed E-state index contributed by atoms with van der Waals surface area (Å²) in [5, 5.41) is 3.58. The van der Waals surface area contributed by atoms with Gasteiger partial charge in [-0.25, -0.2) is 0 Å². The summed E-state index contributed by atoms with van der Waals surface area (Å²) in [5.41, 5.74) is 3.15. The van der Waals surface area contributed by atoms with E-state index in [1.165, 1.54) is 24.0 Å². The van der Waals surface area contributed by atoms with Crippen molar-refractivity contribution in [1.29, 1.82) is 0 Å². The smallest absolute Gasteiger partial charge is 0.0663 e. The van der Waals surface area contributed by atoms with Crippen molar-refractivity contribution < 1.29 is 0 Å². The lowest BCUT2D eigenvalue weighted by Gasteiger charge is -2.41. The Morgan fingerprint density at radius 2 is 2.12 bits per heavy atom. The molecule has 2 rings (SSSR count). The number of hydrogen-bond acceptors (Lipinski definition) is 1.